The largest absolute Gasteiger partial charge is 0.508 e. The number of methoxy groups -OCH3 is 1. The van der Waals surface area contributed by atoms with Crippen LogP contribution in [0.3, 0.4) is 0 Å². The third-order valence-electron chi connectivity index (χ3n) is 11.7. The van der Waals surface area contributed by atoms with Crippen LogP contribution in [-0.2, 0) is 25.7 Å². The van der Waals surface area contributed by atoms with Gasteiger partial charge in [-0.1, -0.05) is 48.0 Å². The van der Waals surface area contributed by atoms with Crippen molar-refractivity contribution in [3.05, 3.63) is 101 Å². The van der Waals surface area contributed by atoms with Gasteiger partial charge in [0.2, 0.25) is 11.8 Å². The molecule has 4 amide bonds. The number of piperidine rings is 1. The van der Waals surface area contributed by atoms with Gasteiger partial charge in [0.15, 0.2) is 9.75 Å². The van der Waals surface area contributed by atoms with Crippen LogP contribution in [-0.4, -0.2) is 74.5 Å². The van der Waals surface area contributed by atoms with Crippen LogP contribution in [0.2, 0.25) is 0 Å². The number of halogens is 3. The minimum atomic E-state index is -2.18. The molecule has 3 aliphatic heterocycles. The minimum absolute atomic E-state index is 0.0792. The molecule has 1 saturated carbocycles. The number of fused-ring (bicyclic) bond motifs is 4. The first kappa shape index (κ1) is 33.9. The molecule has 8 rings (SSSR count). The number of amides is 4. The van der Waals surface area contributed by atoms with Crippen LogP contribution >= 0.6 is 23.2 Å². The SMILES string of the molecule is COc1cccc(O)c1[C@H]1C2=CC[C@@H]3C(=O)N(C4CCN(Cc5ccccc5)CC4)C(=O)[C@@H]3[C@@H]2C[C@@]2(Cl)C(=O)N(c3ccc(F)cc3)C(=O)[C@@]12Cl. The highest BCUT2D eigenvalue weighted by atomic mass is 35.5. The summed E-state index contributed by atoms with van der Waals surface area (Å²) in [5.74, 6) is -6.32. The second-order valence-electron chi connectivity index (χ2n) is 14.2. The highest BCUT2D eigenvalue weighted by molar-refractivity contribution is 6.58. The Balaban J connectivity index is 1.17. The molecule has 5 aliphatic rings. The molecule has 0 aromatic heterocycles. The molecule has 3 saturated heterocycles. The molecule has 0 spiro atoms. The lowest BCUT2D eigenvalue weighted by Gasteiger charge is -2.51. The van der Waals surface area contributed by atoms with Crippen LogP contribution in [0.25, 0.3) is 0 Å². The number of nitrogens with zero attached hydrogens (tertiary/aromatic N) is 3. The number of phenols is 1. The van der Waals surface area contributed by atoms with Gasteiger partial charge in [-0.3, -0.25) is 29.0 Å². The first-order chi connectivity index (χ1) is 24.5. The van der Waals surface area contributed by atoms with Gasteiger partial charge >= 0.3 is 0 Å². The maximum absolute atomic E-state index is 14.6. The van der Waals surface area contributed by atoms with Crippen LogP contribution in [0.15, 0.2) is 84.4 Å². The molecule has 3 aromatic rings. The molecule has 3 heterocycles. The third-order valence-corrected chi connectivity index (χ3v) is 13.1. The number of hydrogen-bond donors (Lipinski definition) is 1. The van der Waals surface area contributed by atoms with E-state index in [2.05, 4.69) is 17.0 Å². The van der Waals surface area contributed by atoms with Crippen LogP contribution in [0.5, 0.6) is 11.5 Å². The highest BCUT2D eigenvalue weighted by Crippen LogP contribution is 2.67. The average molecular weight is 733 g/mol. The number of benzene rings is 3. The number of anilines is 1. The summed E-state index contributed by atoms with van der Waals surface area (Å²) >= 11 is 14.9. The quantitative estimate of drug-likeness (QED) is 0.195. The number of likely N-dealkylation sites (tertiary alicyclic amines) is 2. The summed E-state index contributed by atoms with van der Waals surface area (Å²) in [7, 11) is 1.41. The summed E-state index contributed by atoms with van der Waals surface area (Å²) in [4.78, 5) is 58.1. The minimum Gasteiger partial charge on any atom is -0.508 e. The topological polar surface area (TPSA) is 107 Å². The van der Waals surface area contributed by atoms with Gasteiger partial charge in [-0.05, 0) is 73.6 Å². The molecule has 6 atom stereocenters. The zero-order valence-electron chi connectivity index (χ0n) is 27.8. The molecular weight excluding hydrogens is 696 g/mol. The van der Waals surface area contributed by atoms with Crippen LogP contribution in [0, 0.1) is 23.6 Å². The molecular formula is C39H36Cl2FN3O6. The number of alkyl halides is 2. The molecule has 51 heavy (non-hydrogen) atoms. The van der Waals surface area contributed by atoms with Gasteiger partial charge in [0.05, 0.1) is 24.6 Å². The van der Waals surface area contributed by atoms with Gasteiger partial charge < -0.3 is 9.84 Å². The second kappa shape index (κ2) is 12.5. The van der Waals surface area contributed by atoms with Crippen molar-refractivity contribution in [3.8, 4) is 11.5 Å². The number of carbonyl (C=O) groups is 4. The maximum Gasteiger partial charge on any atom is 0.258 e. The van der Waals surface area contributed by atoms with E-state index in [1.165, 1.54) is 35.8 Å². The Labute approximate surface area is 304 Å². The zero-order valence-corrected chi connectivity index (χ0v) is 29.3. The zero-order chi connectivity index (χ0) is 35.8. The van der Waals surface area contributed by atoms with E-state index in [4.69, 9.17) is 27.9 Å². The summed E-state index contributed by atoms with van der Waals surface area (Å²) in [5.41, 5.74) is 1.97. The van der Waals surface area contributed by atoms with E-state index >= 15 is 0 Å². The number of imide groups is 2. The lowest BCUT2D eigenvalue weighted by atomic mass is 9.56. The van der Waals surface area contributed by atoms with Crippen molar-refractivity contribution in [2.75, 3.05) is 25.1 Å². The predicted molar refractivity (Wildman–Crippen MR) is 188 cm³/mol. The molecule has 2 aliphatic carbocycles. The van der Waals surface area contributed by atoms with Crippen molar-refractivity contribution in [2.45, 2.75) is 53.9 Å². The fourth-order valence-electron chi connectivity index (χ4n) is 9.28. The molecule has 4 fully saturated rings. The summed E-state index contributed by atoms with van der Waals surface area (Å²) in [6, 6.07) is 19.3. The molecule has 0 unspecified atom stereocenters. The van der Waals surface area contributed by atoms with Crippen LogP contribution in [0.1, 0.15) is 42.7 Å². The summed E-state index contributed by atoms with van der Waals surface area (Å²) < 4.78 is 19.6. The van der Waals surface area contributed by atoms with Gasteiger partial charge in [-0.25, -0.2) is 9.29 Å². The van der Waals surface area contributed by atoms with Crippen molar-refractivity contribution in [2.24, 2.45) is 17.8 Å². The van der Waals surface area contributed by atoms with E-state index in [0.717, 1.165) is 36.7 Å². The normalized spacial score (nSPS) is 31.0. The molecule has 264 valence electrons. The Morgan fingerprint density at radius 1 is 0.882 bits per heavy atom. The van der Waals surface area contributed by atoms with Gasteiger partial charge in [-0.2, -0.15) is 0 Å². The monoisotopic (exact) mass is 731 g/mol. The number of hydrogen-bond acceptors (Lipinski definition) is 7. The average Bonchev–Trinajstić information content (AvgIpc) is 3.47. The molecule has 0 bridgehead atoms. The lowest BCUT2D eigenvalue weighted by molar-refractivity contribution is -0.144. The summed E-state index contributed by atoms with van der Waals surface area (Å²) in [6.45, 7) is 2.24. The summed E-state index contributed by atoms with van der Waals surface area (Å²) in [6.07, 6.45) is 3.11. The molecule has 12 heteroatoms. The fourth-order valence-corrected chi connectivity index (χ4v) is 10.2. The number of rotatable bonds is 6. The molecule has 1 N–H and O–H groups in total. The Kier molecular flexibility index (Phi) is 8.27. The van der Waals surface area contributed by atoms with Crippen molar-refractivity contribution in [3.63, 3.8) is 0 Å². The van der Waals surface area contributed by atoms with Crippen molar-refractivity contribution < 1.29 is 33.4 Å². The maximum atomic E-state index is 14.6. The number of phenolic OH excluding ortho intramolecular Hbond substituents is 1. The van der Waals surface area contributed by atoms with E-state index in [1.807, 2.05) is 24.3 Å². The predicted octanol–water partition coefficient (Wildman–Crippen LogP) is 5.77. The van der Waals surface area contributed by atoms with Gasteiger partial charge in [-0.15, -0.1) is 23.2 Å². The molecule has 0 radical (unpaired) electrons. The lowest BCUT2D eigenvalue weighted by Crippen LogP contribution is -2.60. The second-order valence-corrected chi connectivity index (χ2v) is 15.4. The highest BCUT2D eigenvalue weighted by Gasteiger charge is 2.77. The first-order valence-corrected chi connectivity index (χ1v) is 18.0. The Hall–Kier alpha value is -4.25. The number of ether oxygens (including phenoxy) is 1. The van der Waals surface area contributed by atoms with Gasteiger partial charge in [0.25, 0.3) is 11.8 Å². The van der Waals surface area contributed by atoms with E-state index in [-0.39, 0.29) is 53.4 Å². The van der Waals surface area contributed by atoms with Crippen molar-refractivity contribution >= 4 is 52.5 Å². The van der Waals surface area contributed by atoms with Gasteiger partial charge in [0.1, 0.15) is 17.3 Å². The van der Waals surface area contributed by atoms with Crippen molar-refractivity contribution in [1.29, 1.82) is 0 Å². The summed E-state index contributed by atoms with van der Waals surface area (Å²) in [5, 5.41) is 11.4. The Morgan fingerprint density at radius 2 is 1.59 bits per heavy atom. The van der Waals surface area contributed by atoms with E-state index in [0.29, 0.717) is 18.4 Å². The van der Waals surface area contributed by atoms with E-state index in [9.17, 15) is 28.7 Å². The van der Waals surface area contributed by atoms with E-state index < -0.39 is 51.1 Å². The standard InChI is InChI=1S/C39H36Cl2FN3O6/c1-51-30-9-5-8-29(46)32(30)33-26-14-15-27-31(35(48)44(34(27)47)25-16-18-43(19-17-25)21-22-6-3-2-4-7-22)28(26)20-38(40)36(49)45(37(50)39(33,38)41)24-12-10-23(42)11-13-24/h2-14,25,27-28,31,33,46H,15-21H2,1H3/t27-,28+,31-,33+,38+,39-/m0/s1. The number of aromatic hydroxyl groups is 1. The fraction of sp³-hybridized carbons (Fsp3) is 0.385. The van der Waals surface area contributed by atoms with Gasteiger partial charge in [0, 0.05) is 37.2 Å². The van der Waals surface area contributed by atoms with E-state index in [1.54, 1.807) is 12.1 Å². The number of allylic oxidation sites excluding steroid dienone is 2. The van der Waals surface area contributed by atoms with Crippen LogP contribution in [0.4, 0.5) is 10.1 Å². The third kappa shape index (κ3) is 4.97. The number of carbonyl (C=O) groups excluding carboxylic acids is 4. The van der Waals surface area contributed by atoms with Crippen LogP contribution < -0.4 is 9.64 Å². The molecule has 9 nitrogen and oxygen atoms in total. The molecule has 3 aromatic carbocycles. The first-order valence-electron chi connectivity index (χ1n) is 17.2. The van der Waals surface area contributed by atoms with Crippen molar-refractivity contribution in [1.82, 2.24) is 9.80 Å². The Morgan fingerprint density at radius 3 is 2.27 bits per heavy atom. The smallest absolute Gasteiger partial charge is 0.258 e. The Bertz CT molecular complexity index is 1970.